The van der Waals surface area contributed by atoms with Gasteiger partial charge in [0.1, 0.15) is 11.8 Å². The van der Waals surface area contributed by atoms with Gasteiger partial charge in [-0.25, -0.2) is 9.97 Å². The summed E-state index contributed by atoms with van der Waals surface area (Å²) < 4.78 is 10.5. The summed E-state index contributed by atoms with van der Waals surface area (Å²) in [5, 5.41) is 11.9. The zero-order chi connectivity index (χ0) is 13.2. The second kappa shape index (κ2) is 4.46. The smallest absolute Gasteiger partial charge is 0.231 e. The third-order valence-electron chi connectivity index (χ3n) is 2.60. The fourth-order valence-electron chi connectivity index (χ4n) is 1.79. The molecule has 0 aliphatic carbocycles. The molecule has 0 saturated carbocycles. The molecular weight excluding hydrogens is 244 g/mol. The van der Waals surface area contributed by atoms with Crippen LogP contribution in [0.25, 0.3) is 0 Å². The Balaban J connectivity index is 1.89. The molecule has 0 fully saturated rings. The molecule has 6 heteroatoms. The predicted molar refractivity (Wildman–Crippen MR) is 67.3 cm³/mol. The van der Waals surface area contributed by atoms with Crippen LogP contribution in [0.5, 0.6) is 11.5 Å². The van der Waals surface area contributed by atoms with Crippen molar-refractivity contribution in [2.75, 3.05) is 12.1 Å². The van der Waals surface area contributed by atoms with Crippen LogP contribution in [0.15, 0.2) is 24.3 Å². The minimum absolute atomic E-state index is 0.234. The number of anilines is 2. The predicted octanol–water partition coefficient (Wildman–Crippen LogP) is 2.13. The van der Waals surface area contributed by atoms with E-state index in [9.17, 15) is 0 Å². The maximum atomic E-state index is 8.87. The Morgan fingerprint density at radius 1 is 1.21 bits per heavy atom. The van der Waals surface area contributed by atoms with Crippen LogP contribution in [0, 0.1) is 18.3 Å². The first-order valence-corrected chi connectivity index (χ1v) is 5.67. The molecule has 1 N–H and O–H groups in total. The van der Waals surface area contributed by atoms with E-state index < -0.39 is 0 Å². The van der Waals surface area contributed by atoms with Gasteiger partial charge in [-0.05, 0) is 25.1 Å². The average Bonchev–Trinajstić information content (AvgIpc) is 2.85. The summed E-state index contributed by atoms with van der Waals surface area (Å²) in [5.41, 5.74) is 1.84. The number of fused-ring (bicyclic) bond motifs is 1. The first kappa shape index (κ1) is 11.3. The number of nitrogens with zero attached hydrogens (tertiary/aromatic N) is 3. The molecule has 0 atom stereocenters. The minimum atomic E-state index is 0.234. The lowest BCUT2D eigenvalue weighted by Gasteiger charge is -2.06. The van der Waals surface area contributed by atoms with Gasteiger partial charge in [-0.3, -0.25) is 0 Å². The molecule has 94 valence electrons. The Morgan fingerprint density at radius 3 is 2.89 bits per heavy atom. The van der Waals surface area contributed by atoms with Crippen LogP contribution in [0.2, 0.25) is 0 Å². The van der Waals surface area contributed by atoms with Gasteiger partial charge in [0.05, 0.1) is 0 Å². The molecule has 1 aromatic heterocycles. The van der Waals surface area contributed by atoms with E-state index in [1.807, 2.05) is 25.1 Å². The maximum absolute atomic E-state index is 8.87. The van der Waals surface area contributed by atoms with Crippen LogP contribution < -0.4 is 14.8 Å². The maximum Gasteiger partial charge on any atom is 0.231 e. The van der Waals surface area contributed by atoms with Gasteiger partial charge in [0.2, 0.25) is 12.7 Å². The van der Waals surface area contributed by atoms with Gasteiger partial charge in [0.15, 0.2) is 11.5 Å². The first-order chi connectivity index (χ1) is 9.24. The van der Waals surface area contributed by atoms with Gasteiger partial charge in [-0.2, -0.15) is 5.26 Å². The zero-order valence-electron chi connectivity index (χ0n) is 10.2. The summed E-state index contributed by atoms with van der Waals surface area (Å²) in [6.45, 7) is 2.05. The van der Waals surface area contributed by atoms with Crippen LogP contribution in [0.4, 0.5) is 11.6 Å². The molecule has 2 aromatic rings. The largest absolute Gasteiger partial charge is 0.454 e. The topological polar surface area (TPSA) is 80.1 Å². The molecular formula is C13H10N4O2. The number of nitrogens with one attached hydrogen (secondary N) is 1. The highest BCUT2D eigenvalue weighted by Crippen LogP contribution is 2.34. The number of aryl methyl sites for hydroxylation is 1. The normalized spacial score (nSPS) is 12.0. The summed E-state index contributed by atoms with van der Waals surface area (Å²) >= 11 is 0. The molecule has 6 nitrogen and oxygen atoms in total. The van der Waals surface area contributed by atoms with Gasteiger partial charge in [0.25, 0.3) is 0 Å². The fraction of sp³-hybridized carbons (Fsp3) is 0.154. The standard InChI is InChI=1S/C13H10N4O2/c1-8-4-10(6-14)17-13(15-8)16-9-2-3-11-12(5-9)19-7-18-11/h2-5H,7H2,1H3,(H,15,16,17). The molecule has 0 amide bonds. The summed E-state index contributed by atoms with van der Waals surface area (Å²) in [4.78, 5) is 8.31. The molecule has 1 aromatic carbocycles. The third kappa shape index (κ3) is 2.26. The van der Waals surface area contributed by atoms with E-state index in [1.54, 1.807) is 12.1 Å². The summed E-state index contributed by atoms with van der Waals surface area (Å²) in [6, 6.07) is 9.08. The van der Waals surface area contributed by atoms with Gasteiger partial charge >= 0.3 is 0 Å². The SMILES string of the molecule is Cc1cc(C#N)nc(Nc2ccc3c(c2)OCO3)n1. The van der Waals surface area contributed by atoms with E-state index in [2.05, 4.69) is 15.3 Å². The number of nitriles is 1. The Labute approximate surface area is 109 Å². The zero-order valence-corrected chi connectivity index (χ0v) is 10.2. The molecule has 0 radical (unpaired) electrons. The van der Waals surface area contributed by atoms with Crippen LogP contribution >= 0.6 is 0 Å². The number of benzene rings is 1. The van der Waals surface area contributed by atoms with E-state index in [0.717, 1.165) is 11.4 Å². The molecule has 0 saturated heterocycles. The summed E-state index contributed by atoms with van der Waals surface area (Å²) in [5.74, 6) is 1.78. The van der Waals surface area contributed by atoms with E-state index in [1.165, 1.54) is 0 Å². The van der Waals surface area contributed by atoms with E-state index in [-0.39, 0.29) is 6.79 Å². The monoisotopic (exact) mass is 254 g/mol. The molecule has 3 rings (SSSR count). The van der Waals surface area contributed by atoms with Crippen LogP contribution in [0.3, 0.4) is 0 Å². The lowest BCUT2D eigenvalue weighted by molar-refractivity contribution is 0.174. The fourth-order valence-corrected chi connectivity index (χ4v) is 1.79. The molecule has 2 heterocycles. The number of aromatic nitrogens is 2. The quantitative estimate of drug-likeness (QED) is 0.884. The van der Waals surface area contributed by atoms with Crippen molar-refractivity contribution in [1.29, 1.82) is 5.26 Å². The van der Waals surface area contributed by atoms with E-state index in [4.69, 9.17) is 14.7 Å². The van der Waals surface area contributed by atoms with Gasteiger partial charge < -0.3 is 14.8 Å². The Morgan fingerprint density at radius 2 is 2.05 bits per heavy atom. The summed E-state index contributed by atoms with van der Waals surface area (Å²) in [6.07, 6.45) is 0. The second-order valence-corrected chi connectivity index (χ2v) is 4.02. The number of hydrogen-bond donors (Lipinski definition) is 1. The Hall–Kier alpha value is -2.81. The highest BCUT2D eigenvalue weighted by Gasteiger charge is 2.13. The number of hydrogen-bond acceptors (Lipinski definition) is 6. The van der Waals surface area contributed by atoms with Gasteiger partial charge in [0, 0.05) is 17.4 Å². The summed E-state index contributed by atoms with van der Waals surface area (Å²) in [7, 11) is 0. The molecule has 1 aliphatic rings. The lowest BCUT2D eigenvalue weighted by atomic mass is 10.3. The highest BCUT2D eigenvalue weighted by atomic mass is 16.7. The van der Waals surface area contributed by atoms with Gasteiger partial charge in [-0.1, -0.05) is 0 Å². The van der Waals surface area contributed by atoms with Crippen molar-refractivity contribution in [3.05, 3.63) is 35.7 Å². The molecule has 1 aliphatic heterocycles. The number of rotatable bonds is 2. The van der Waals surface area contributed by atoms with Crippen molar-refractivity contribution in [3.8, 4) is 17.6 Å². The van der Waals surface area contributed by atoms with E-state index in [0.29, 0.717) is 23.1 Å². The van der Waals surface area contributed by atoms with Crippen molar-refractivity contribution in [1.82, 2.24) is 9.97 Å². The molecule has 0 unspecified atom stereocenters. The molecule has 19 heavy (non-hydrogen) atoms. The highest BCUT2D eigenvalue weighted by molar-refractivity contribution is 5.60. The van der Waals surface area contributed by atoms with Crippen LogP contribution in [0.1, 0.15) is 11.4 Å². The average molecular weight is 254 g/mol. The minimum Gasteiger partial charge on any atom is -0.454 e. The van der Waals surface area contributed by atoms with Crippen LogP contribution in [-0.4, -0.2) is 16.8 Å². The molecule has 0 spiro atoms. The van der Waals surface area contributed by atoms with Crippen LogP contribution in [-0.2, 0) is 0 Å². The Kier molecular flexibility index (Phi) is 2.65. The first-order valence-electron chi connectivity index (χ1n) is 5.67. The van der Waals surface area contributed by atoms with Crippen molar-refractivity contribution < 1.29 is 9.47 Å². The van der Waals surface area contributed by atoms with Crippen molar-refractivity contribution in [2.45, 2.75) is 6.92 Å². The lowest BCUT2D eigenvalue weighted by Crippen LogP contribution is -2.00. The van der Waals surface area contributed by atoms with Crippen molar-refractivity contribution >= 4 is 11.6 Å². The number of ether oxygens (including phenoxy) is 2. The third-order valence-corrected chi connectivity index (χ3v) is 2.60. The van der Waals surface area contributed by atoms with Crippen molar-refractivity contribution in [2.24, 2.45) is 0 Å². The van der Waals surface area contributed by atoms with Gasteiger partial charge in [-0.15, -0.1) is 0 Å². The van der Waals surface area contributed by atoms with Crippen molar-refractivity contribution in [3.63, 3.8) is 0 Å². The second-order valence-electron chi connectivity index (χ2n) is 4.02. The molecule has 0 bridgehead atoms. The van der Waals surface area contributed by atoms with E-state index >= 15 is 0 Å². The Bertz CT molecular complexity index is 679.